The highest BCUT2D eigenvalue weighted by Crippen LogP contribution is 2.21. The highest BCUT2D eigenvalue weighted by molar-refractivity contribution is 5.57. The zero-order chi connectivity index (χ0) is 10.8. The second-order valence-corrected chi connectivity index (χ2v) is 3.87. The van der Waals surface area contributed by atoms with Crippen molar-refractivity contribution in [1.29, 1.82) is 0 Å². The third-order valence-electron chi connectivity index (χ3n) is 2.38. The standard InChI is InChI=1S/C12H15N3/c1-9(2)12-14-7-8-15(12)11-6-4-3-5-10(11)13/h3-9H,13H2,1-2H3. The molecule has 1 aromatic heterocycles. The molecule has 0 atom stereocenters. The van der Waals surface area contributed by atoms with Gasteiger partial charge in [0.2, 0.25) is 0 Å². The summed E-state index contributed by atoms with van der Waals surface area (Å²) in [5.74, 6) is 1.42. The number of nitrogens with zero attached hydrogens (tertiary/aromatic N) is 2. The Morgan fingerprint density at radius 1 is 1.27 bits per heavy atom. The lowest BCUT2D eigenvalue weighted by molar-refractivity contribution is 0.752. The van der Waals surface area contributed by atoms with E-state index < -0.39 is 0 Å². The van der Waals surface area contributed by atoms with Gasteiger partial charge in [0.15, 0.2) is 0 Å². The second kappa shape index (κ2) is 3.77. The Kier molecular flexibility index (Phi) is 2.46. The van der Waals surface area contributed by atoms with Crippen molar-refractivity contribution < 1.29 is 0 Å². The van der Waals surface area contributed by atoms with Crippen LogP contribution in [0.25, 0.3) is 5.69 Å². The van der Waals surface area contributed by atoms with Gasteiger partial charge in [-0.1, -0.05) is 26.0 Å². The maximum Gasteiger partial charge on any atom is 0.115 e. The Morgan fingerprint density at radius 2 is 2.00 bits per heavy atom. The van der Waals surface area contributed by atoms with Gasteiger partial charge >= 0.3 is 0 Å². The summed E-state index contributed by atoms with van der Waals surface area (Å²) in [6, 6.07) is 7.82. The lowest BCUT2D eigenvalue weighted by atomic mass is 10.2. The molecule has 2 N–H and O–H groups in total. The topological polar surface area (TPSA) is 43.8 Å². The van der Waals surface area contributed by atoms with Gasteiger partial charge in [0, 0.05) is 18.3 Å². The Balaban J connectivity index is 2.55. The molecule has 0 saturated carbocycles. The van der Waals surface area contributed by atoms with Gasteiger partial charge in [-0.3, -0.25) is 0 Å². The first kappa shape index (κ1) is 9.77. The van der Waals surface area contributed by atoms with Crippen LogP contribution in [-0.4, -0.2) is 9.55 Å². The first-order chi connectivity index (χ1) is 7.20. The predicted molar refractivity (Wildman–Crippen MR) is 62.1 cm³/mol. The molecule has 0 amide bonds. The van der Waals surface area contributed by atoms with Crippen molar-refractivity contribution >= 4 is 5.69 Å². The van der Waals surface area contributed by atoms with E-state index in [1.54, 1.807) is 0 Å². The quantitative estimate of drug-likeness (QED) is 0.759. The number of nitrogen functional groups attached to an aromatic ring is 1. The summed E-state index contributed by atoms with van der Waals surface area (Å²) in [4.78, 5) is 4.34. The number of nitrogens with two attached hydrogens (primary N) is 1. The molecule has 0 saturated heterocycles. The molecule has 0 spiro atoms. The van der Waals surface area contributed by atoms with Gasteiger partial charge in [0.05, 0.1) is 11.4 Å². The van der Waals surface area contributed by atoms with E-state index in [9.17, 15) is 0 Å². The van der Waals surface area contributed by atoms with Gasteiger partial charge in [0.25, 0.3) is 0 Å². The van der Waals surface area contributed by atoms with E-state index in [1.807, 2.05) is 41.2 Å². The fourth-order valence-corrected chi connectivity index (χ4v) is 1.65. The van der Waals surface area contributed by atoms with Crippen LogP contribution in [0, 0.1) is 0 Å². The van der Waals surface area contributed by atoms with Crippen molar-refractivity contribution in [3.05, 3.63) is 42.5 Å². The van der Waals surface area contributed by atoms with Crippen molar-refractivity contribution in [2.75, 3.05) is 5.73 Å². The minimum Gasteiger partial charge on any atom is -0.397 e. The highest BCUT2D eigenvalue weighted by atomic mass is 15.1. The van der Waals surface area contributed by atoms with E-state index in [0.717, 1.165) is 17.2 Å². The van der Waals surface area contributed by atoms with Gasteiger partial charge < -0.3 is 10.3 Å². The third-order valence-corrected chi connectivity index (χ3v) is 2.38. The lowest BCUT2D eigenvalue weighted by Gasteiger charge is -2.12. The molecule has 0 aliphatic heterocycles. The SMILES string of the molecule is CC(C)c1nccn1-c1ccccc1N. The van der Waals surface area contributed by atoms with E-state index in [4.69, 9.17) is 5.73 Å². The molecule has 3 nitrogen and oxygen atoms in total. The van der Waals surface area contributed by atoms with Gasteiger partial charge in [-0.05, 0) is 12.1 Å². The van der Waals surface area contributed by atoms with Gasteiger partial charge in [-0.25, -0.2) is 4.98 Å². The predicted octanol–water partition coefficient (Wildman–Crippen LogP) is 2.58. The van der Waals surface area contributed by atoms with E-state index in [0.29, 0.717) is 5.92 Å². The molecule has 1 heterocycles. The zero-order valence-corrected chi connectivity index (χ0v) is 9.01. The van der Waals surface area contributed by atoms with Crippen LogP contribution in [0.1, 0.15) is 25.6 Å². The molecule has 0 unspecified atom stereocenters. The fourth-order valence-electron chi connectivity index (χ4n) is 1.65. The average Bonchev–Trinajstić information content (AvgIpc) is 2.67. The highest BCUT2D eigenvalue weighted by Gasteiger charge is 2.09. The van der Waals surface area contributed by atoms with Crippen LogP contribution >= 0.6 is 0 Å². The first-order valence-corrected chi connectivity index (χ1v) is 5.08. The number of benzene rings is 1. The monoisotopic (exact) mass is 201 g/mol. The number of aromatic nitrogens is 2. The summed E-state index contributed by atoms with van der Waals surface area (Å²) < 4.78 is 2.04. The number of hydrogen-bond donors (Lipinski definition) is 1. The number of para-hydroxylation sites is 2. The number of hydrogen-bond acceptors (Lipinski definition) is 2. The summed E-state index contributed by atoms with van der Waals surface area (Å²) in [5, 5.41) is 0. The molecule has 2 aromatic rings. The molecule has 3 heteroatoms. The van der Waals surface area contributed by atoms with E-state index in [-0.39, 0.29) is 0 Å². The molecule has 15 heavy (non-hydrogen) atoms. The minimum absolute atomic E-state index is 0.389. The Labute approximate surface area is 89.6 Å². The van der Waals surface area contributed by atoms with Gasteiger partial charge in [-0.15, -0.1) is 0 Å². The van der Waals surface area contributed by atoms with Gasteiger partial charge in [0.1, 0.15) is 5.82 Å². The van der Waals surface area contributed by atoms with Crippen molar-refractivity contribution in [2.45, 2.75) is 19.8 Å². The van der Waals surface area contributed by atoms with E-state index in [1.165, 1.54) is 0 Å². The average molecular weight is 201 g/mol. The molecule has 1 aromatic carbocycles. The molecule has 0 fully saturated rings. The van der Waals surface area contributed by atoms with E-state index in [2.05, 4.69) is 18.8 Å². The maximum absolute atomic E-state index is 5.93. The molecular formula is C12H15N3. The molecule has 0 aliphatic rings. The molecule has 2 rings (SSSR count). The van der Waals surface area contributed by atoms with E-state index >= 15 is 0 Å². The van der Waals surface area contributed by atoms with Crippen LogP contribution in [0.15, 0.2) is 36.7 Å². The lowest BCUT2D eigenvalue weighted by Crippen LogP contribution is -2.04. The maximum atomic E-state index is 5.93. The van der Waals surface area contributed by atoms with Crippen LogP contribution in [-0.2, 0) is 0 Å². The Hall–Kier alpha value is -1.77. The second-order valence-electron chi connectivity index (χ2n) is 3.87. The molecule has 0 aliphatic carbocycles. The summed E-state index contributed by atoms with van der Waals surface area (Å²) in [5.41, 5.74) is 7.71. The molecular weight excluding hydrogens is 186 g/mol. The van der Waals surface area contributed by atoms with Crippen molar-refractivity contribution in [3.63, 3.8) is 0 Å². The summed E-state index contributed by atoms with van der Waals surface area (Å²) in [6.07, 6.45) is 3.75. The smallest absolute Gasteiger partial charge is 0.115 e. The summed E-state index contributed by atoms with van der Waals surface area (Å²) in [6.45, 7) is 4.25. The third kappa shape index (κ3) is 1.73. The Bertz CT molecular complexity index is 457. The van der Waals surface area contributed by atoms with Crippen LogP contribution in [0.4, 0.5) is 5.69 Å². The van der Waals surface area contributed by atoms with Crippen molar-refractivity contribution in [1.82, 2.24) is 9.55 Å². The largest absolute Gasteiger partial charge is 0.397 e. The summed E-state index contributed by atoms with van der Waals surface area (Å²) in [7, 11) is 0. The zero-order valence-electron chi connectivity index (χ0n) is 9.01. The number of rotatable bonds is 2. The normalized spacial score (nSPS) is 10.9. The fraction of sp³-hybridized carbons (Fsp3) is 0.250. The Morgan fingerprint density at radius 3 is 2.67 bits per heavy atom. The first-order valence-electron chi connectivity index (χ1n) is 5.08. The minimum atomic E-state index is 0.389. The number of imidazole rings is 1. The summed E-state index contributed by atoms with van der Waals surface area (Å²) >= 11 is 0. The van der Waals surface area contributed by atoms with Crippen LogP contribution in [0.2, 0.25) is 0 Å². The molecule has 0 bridgehead atoms. The number of anilines is 1. The van der Waals surface area contributed by atoms with Crippen molar-refractivity contribution in [2.24, 2.45) is 0 Å². The molecule has 0 radical (unpaired) electrons. The van der Waals surface area contributed by atoms with Crippen LogP contribution < -0.4 is 5.73 Å². The van der Waals surface area contributed by atoms with Crippen LogP contribution in [0.3, 0.4) is 0 Å². The van der Waals surface area contributed by atoms with Crippen LogP contribution in [0.5, 0.6) is 0 Å². The molecule has 78 valence electrons. The van der Waals surface area contributed by atoms with Gasteiger partial charge in [-0.2, -0.15) is 0 Å². The van der Waals surface area contributed by atoms with Crippen molar-refractivity contribution in [3.8, 4) is 5.69 Å².